The molecule has 22 heavy (non-hydrogen) atoms. The van der Waals surface area contributed by atoms with Crippen LogP contribution in [0.25, 0.3) is 11.3 Å². The number of nitrogens with zero attached hydrogens (tertiary/aromatic N) is 2. The zero-order valence-electron chi connectivity index (χ0n) is 11.5. The van der Waals surface area contributed by atoms with Gasteiger partial charge in [0.25, 0.3) is 0 Å². The third-order valence-electron chi connectivity index (χ3n) is 2.95. The summed E-state index contributed by atoms with van der Waals surface area (Å²) in [7, 11) is 0. The van der Waals surface area contributed by atoms with E-state index in [1.54, 1.807) is 6.07 Å². The van der Waals surface area contributed by atoms with Crippen molar-refractivity contribution in [3.05, 3.63) is 59.5 Å². The highest BCUT2D eigenvalue weighted by Crippen LogP contribution is 2.25. The Balaban J connectivity index is 1.69. The maximum atomic E-state index is 9.65. The van der Waals surface area contributed by atoms with Crippen LogP contribution in [0.3, 0.4) is 0 Å². The number of hydrazone groups is 1. The summed E-state index contributed by atoms with van der Waals surface area (Å²) in [5.41, 5.74) is 5.27. The standard InChI is InChI=1S/C16H13N3O2S/c20-13-7-6-12(15(21)8-13)9-17-19-16-18-14(10-22-16)11-4-2-1-3-5-11/h1-10,20-21H,(H,18,19)/b17-9-. The van der Waals surface area contributed by atoms with Crippen LogP contribution in [0.5, 0.6) is 11.5 Å². The number of phenols is 2. The van der Waals surface area contributed by atoms with Crippen LogP contribution in [0.4, 0.5) is 5.13 Å². The molecule has 3 aromatic rings. The highest BCUT2D eigenvalue weighted by molar-refractivity contribution is 7.14. The van der Waals surface area contributed by atoms with Crippen LogP contribution in [0, 0.1) is 0 Å². The van der Waals surface area contributed by atoms with Crippen molar-refractivity contribution in [2.24, 2.45) is 5.10 Å². The van der Waals surface area contributed by atoms with E-state index in [-0.39, 0.29) is 11.5 Å². The Hall–Kier alpha value is -2.86. The summed E-state index contributed by atoms with van der Waals surface area (Å²) in [6, 6.07) is 14.2. The summed E-state index contributed by atoms with van der Waals surface area (Å²) in [5.74, 6) is -0.0234. The van der Waals surface area contributed by atoms with Crippen LogP contribution in [-0.4, -0.2) is 21.4 Å². The second-order valence-corrected chi connectivity index (χ2v) is 5.38. The molecule has 5 nitrogen and oxygen atoms in total. The average molecular weight is 311 g/mol. The first-order valence-electron chi connectivity index (χ1n) is 6.54. The lowest BCUT2D eigenvalue weighted by atomic mass is 10.2. The third kappa shape index (κ3) is 3.24. The fourth-order valence-corrected chi connectivity index (χ4v) is 2.53. The highest BCUT2D eigenvalue weighted by Gasteiger charge is 2.03. The lowest BCUT2D eigenvalue weighted by molar-refractivity contribution is 0.450. The Bertz CT molecular complexity index is 800. The number of rotatable bonds is 4. The number of anilines is 1. The molecule has 3 N–H and O–H groups in total. The van der Waals surface area contributed by atoms with Crippen molar-refractivity contribution >= 4 is 22.7 Å². The summed E-state index contributed by atoms with van der Waals surface area (Å²) in [6.45, 7) is 0. The van der Waals surface area contributed by atoms with Gasteiger partial charge in [-0.15, -0.1) is 11.3 Å². The molecule has 0 saturated carbocycles. The van der Waals surface area contributed by atoms with Gasteiger partial charge in [-0.25, -0.2) is 4.98 Å². The maximum absolute atomic E-state index is 9.65. The number of benzene rings is 2. The number of nitrogens with one attached hydrogen (secondary N) is 1. The van der Waals surface area contributed by atoms with Gasteiger partial charge in [0.15, 0.2) is 0 Å². The molecule has 0 saturated heterocycles. The van der Waals surface area contributed by atoms with Gasteiger partial charge in [-0.05, 0) is 12.1 Å². The molecule has 1 heterocycles. The Kier molecular flexibility index (Phi) is 4.02. The van der Waals surface area contributed by atoms with Crippen LogP contribution < -0.4 is 5.43 Å². The van der Waals surface area contributed by atoms with Crippen LogP contribution in [0.2, 0.25) is 0 Å². The van der Waals surface area contributed by atoms with Crippen LogP contribution in [0.15, 0.2) is 59.0 Å². The second-order valence-electron chi connectivity index (χ2n) is 4.52. The molecule has 0 fully saturated rings. The van der Waals surface area contributed by atoms with E-state index in [4.69, 9.17) is 0 Å². The molecule has 0 spiro atoms. The fourth-order valence-electron chi connectivity index (χ4n) is 1.86. The lowest BCUT2D eigenvalue weighted by Crippen LogP contribution is -1.90. The zero-order chi connectivity index (χ0) is 15.4. The smallest absolute Gasteiger partial charge is 0.203 e. The maximum Gasteiger partial charge on any atom is 0.203 e. The Morgan fingerprint density at radius 2 is 1.91 bits per heavy atom. The number of hydrogen-bond donors (Lipinski definition) is 3. The molecular formula is C16H13N3O2S. The van der Waals surface area contributed by atoms with Crippen LogP contribution in [-0.2, 0) is 0 Å². The molecule has 0 amide bonds. The van der Waals surface area contributed by atoms with E-state index in [0.29, 0.717) is 10.7 Å². The molecule has 0 atom stereocenters. The van der Waals surface area contributed by atoms with E-state index in [1.807, 2.05) is 35.7 Å². The predicted molar refractivity (Wildman–Crippen MR) is 88.5 cm³/mol. The zero-order valence-corrected chi connectivity index (χ0v) is 12.3. The molecule has 2 aromatic carbocycles. The van der Waals surface area contributed by atoms with Gasteiger partial charge in [-0.3, -0.25) is 5.43 Å². The minimum atomic E-state index is -0.0327. The number of aromatic nitrogens is 1. The van der Waals surface area contributed by atoms with Crippen molar-refractivity contribution in [1.82, 2.24) is 4.98 Å². The van der Waals surface area contributed by atoms with Gasteiger partial charge >= 0.3 is 0 Å². The van der Waals surface area contributed by atoms with Crippen molar-refractivity contribution in [2.75, 3.05) is 5.43 Å². The molecule has 110 valence electrons. The Labute approximate surface area is 131 Å². The minimum absolute atomic E-state index is 0.00929. The number of thiazole rings is 1. The molecular weight excluding hydrogens is 298 g/mol. The average Bonchev–Trinajstić information content (AvgIpc) is 2.99. The fraction of sp³-hybridized carbons (Fsp3) is 0. The van der Waals surface area contributed by atoms with Crippen molar-refractivity contribution in [1.29, 1.82) is 0 Å². The first-order chi connectivity index (χ1) is 10.7. The first kappa shape index (κ1) is 14.1. The summed E-state index contributed by atoms with van der Waals surface area (Å²) >= 11 is 1.45. The molecule has 6 heteroatoms. The van der Waals surface area contributed by atoms with Gasteiger partial charge in [0.1, 0.15) is 11.5 Å². The number of hydrogen-bond acceptors (Lipinski definition) is 6. The first-order valence-corrected chi connectivity index (χ1v) is 7.42. The Morgan fingerprint density at radius 1 is 1.09 bits per heavy atom. The van der Waals surface area contributed by atoms with Crippen molar-refractivity contribution in [3.8, 4) is 22.8 Å². The van der Waals surface area contributed by atoms with Crippen LogP contribution >= 0.6 is 11.3 Å². The summed E-state index contributed by atoms with van der Waals surface area (Å²) in [6.07, 6.45) is 1.47. The van der Waals surface area contributed by atoms with Gasteiger partial charge in [-0.2, -0.15) is 5.10 Å². The number of phenolic OH excluding ortho intramolecular Hbond substituents is 2. The van der Waals surface area contributed by atoms with E-state index in [2.05, 4.69) is 15.5 Å². The predicted octanol–water partition coefficient (Wildman–Crippen LogP) is 3.67. The van der Waals surface area contributed by atoms with E-state index >= 15 is 0 Å². The molecule has 1 aromatic heterocycles. The summed E-state index contributed by atoms with van der Waals surface area (Å²) in [5, 5.41) is 25.5. The van der Waals surface area contributed by atoms with Gasteiger partial charge in [0.05, 0.1) is 11.9 Å². The van der Waals surface area contributed by atoms with Gasteiger partial charge < -0.3 is 10.2 Å². The minimum Gasteiger partial charge on any atom is -0.508 e. The molecule has 0 aliphatic carbocycles. The Morgan fingerprint density at radius 3 is 2.68 bits per heavy atom. The van der Waals surface area contributed by atoms with E-state index in [1.165, 1.54) is 29.7 Å². The second kappa shape index (κ2) is 6.28. The van der Waals surface area contributed by atoms with Crippen molar-refractivity contribution < 1.29 is 10.2 Å². The molecule has 3 rings (SSSR count). The third-order valence-corrected chi connectivity index (χ3v) is 3.70. The lowest BCUT2D eigenvalue weighted by Gasteiger charge is -1.99. The summed E-state index contributed by atoms with van der Waals surface area (Å²) in [4.78, 5) is 4.44. The highest BCUT2D eigenvalue weighted by atomic mass is 32.1. The quantitative estimate of drug-likeness (QED) is 0.507. The van der Waals surface area contributed by atoms with Crippen molar-refractivity contribution in [2.45, 2.75) is 0 Å². The molecule has 0 aliphatic rings. The topological polar surface area (TPSA) is 77.7 Å². The monoisotopic (exact) mass is 311 g/mol. The van der Waals surface area contributed by atoms with Crippen molar-refractivity contribution in [3.63, 3.8) is 0 Å². The normalized spacial score (nSPS) is 10.9. The van der Waals surface area contributed by atoms with E-state index < -0.39 is 0 Å². The summed E-state index contributed by atoms with van der Waals surface area (Å²) < 4.78 is 0. The van der Waals surface area contributed by atoms with E-state index in [9.17, 15) is 10.2 Å². The molecule has 0 bridgehead atoms. The van der Waals surface area contributed by atoms with E-state index in [0.717, 1.165) is 11.3 Å². The molecule has 0 aliphatic heterocycles. The number of aromatic hydroxyl groups is 2. The SMILES string of the molecule is Oc1ccc(/C=N\Nc2nc(-c3ccccc3)cs2)c(O)c1. The molecule has 0 radical (unpaired) electrons. The largest absolute Gasteiger partial charge is 0.508 e. The van der Waals surface area contributed by atoms with Crippen LogP contribution in [0.1, 0.15) is 5.56 Å². The van der Waals surface area contributed by atoms with Gasteiger partial charge in [0.2, 0.25) is 5.13 Å². The van der Waals surface area contributed by atoms with Gasteiger partial charge in [0, 0.05) is 22.6 Å². The molecule has 0 unspecified atom stereocenters. The van der Waals surface area contributed by atoms with Gasteiger partial charge in [-0.1, -0.05) is 30.3 Å².